The van der Waals surface area contributed by atoms with Gasteiger partial charge in [0.2, 0.25) is 0 Å². The number of aryl methyl sites for hydroxylation is 1. The van der Waals surface area contributed by atoms with Crippen LogP contribution in [0.1, 0.15) is 23.0 Å². The van der Waals surface area contributed by atoms with E-state index in [4.69, 9.17) is 9.47 Å². The van der Waals surface area contributed by atoms with Gasteiger partial charge in [-0.1, -0.05) is 36.4 Å². The molecule has 1 aromatic heterocycles. The molecule has 0 amide bonds. The van der Waals surface area contributed by atoms with Crippen LogP contribution >= 0.6 is 12.4 Å². The zero-order valence-corrected chi connectivity index (χ0v) is 18.7. The highest BCUT2D eigenvalue weighted by Gasteiger charge is 2.20. The van der Waals surface area contributed by atoms with Crippen molar-refractivity contribution < 1.29 is 14.6 Å². The molecule has 166 valence electrons. The van der Waals surface area contributed by atoms with Gasteiger partial charge >= 0.3 is 0 Å². The average molecular weight is 444 g/mol. The molecule has 0 aliphatic heterocycles. The lowest BCUT2D eigenvalue weighted by Crippen LogP contribution is -2.35. The van der Waals surface area contributed by atoms with Crippen LogP contribution in [-0.4, -0.2) is 41.0 Å². The molecule has 0 spiro atoms. The zero-order chi connectivity index (χ0) is 21.3. The number of aliphatic hydroxyl groups is 1. The summed E-state index contributed by atoms with van der Waals surface area (Å²) in [5.41, 5.74) is 2.06. The molecule has 3 aromatic rings. The van der Waals surface area contributed by atoms with Crippen LogP contribution in [0.15, 0.2) is 73.6 Å². The van der Waals surface area contributed by atoms with Gasteiger partial charge in [0, 0.05) is 26.0 Å². The average Bonchev–Trinajstić information content (AvgIpc) is 3.19. The minimum Gasteiger partial charge on any atom is -0.497 e. The zero-order valence-electron chi connectivity index (χ0n) is 17.9. The molecule has 31 heavy (non-hydrogen) atoms. The lowest BCUT2D eigenvalue weighted by Gasteiger charge is -2.22. The van der Waals surface area contributed by atoms with Crippen molar-refractivity contribution in [2.45, 2.75) is 18.6 Å². The summed E-state index contributed by atoms with van der Waals surface area (Å²) in [7, 11) is 3.60. The predicted octanol–water partition coefficient (Wildman–Crippen LogP) is 3.70. The van der Waals surface area contributed by atoms with Gasteiger partial charge in [-0.3, -0.25) is 0 Å². The van der Waals surface area contributed by atoms with Crippen LogP contribution in [0.25, 0.3) is 0 Å². The second-order valence-corrected chi connectivity index (χ2v) is 7.08. The van der Waals surface area contributed by atoms with Crippen LogP contribution in [0.5, 0.6) is 11.5 Å². The number of imidazole rings is 1. The molecule has 2 aromatic carbocycles. The number of aromatic nitrogens is 2. The van der Waals surface area contributed by atoms with Crippen molar-refractivity contribution in [3.05, 3.63) is 90.5 Å². The predicted molar refractivity (Wildman–Crippen MR) is 125 cm³/mol. The molecule has 0 radical (unpaired) electrons. The summed E-state index contributed by atoms with van der Waals surface area (Å²) in [6, 6.07) is 15.5. The maximum atomic E-state index is 10.5. The van der Waals surface area contributed by atoms with Crippen molar-refractivity contribution >= 4 is 12.4 Å². The van der Waals surface area contributed by atoms with E-state index in [0.717, 1.165) is 34.9 Å². The molecule has 0 aliphatic carbocycles. The molecule has 6 nitrogen and oxygen atoms in total. The van der Waals surface area contributed by atoms with Crippen LogP contribution in [0.2, 0.25) is 0 Å². The Balaban J connectivity index is 0.00000341. The number of hydrogen-bond acceptors (Lipinski definition) is 5. The van der Waals surface area contributed by atoms with Gasteiger partial charge in [-0.25, -0.2) is 4.98 Å². The standard InChI is InChI=1S/C24H29N3O3.ClH/c1-4-8-18-9-5-6-12-22(18)30-17-20(28)16-26-23(24-25-13-14-27(24)2)19-10-7-11-21(15-19)29-3;/h4-7,9-15,20,23,26,28H,1,8,16-17H2,2-3H3;1H. The number of ether oxygens (including phenoxy) is 2. The monoisotopic (exact) mass is 443 g/mol. The normalized spacial score (nSPS) is 12.5. The highest BCUT2D eigenvalue weighted by molar-refractivity contribution is 5.85. The molecular weight excluding hydrogens is 414 g/mol. The van der Waals surface area contributed by atoms with E-state index in [1.165, 1.54) is 0 Å². The first kappa shape index (κ1) is 24.5. The van der Waals surface area contributed by atoms with Gasteiger partial charge in [-0.2, -0.15) is 0 Å². The molecule has 2 atom stereocenters. The van der Waals surface area contributed by atoms with Crippen molar-refractivity contribution in [3.8, 4) is 11.5 Å². The molecule has 1 heterocycles. The van der Waals surface area contributed by atoms with Crippen molar-refractivity contribution in [2.24, 2.45) is 7.05 Å². The third-order valence-electron chi connectivity index (χ3n) is 4.87. The van der Waals surface area contributed by atoms with Gasteiger partial charge in [0.05, 0.1) is 13.2 Å². The Bertz CT molecular complexity index is 961. The van der Waals surface area contributed by atoms with Crippen molar-refractivity contribution in [3.63, 3.8) is 0 Å². The molecule has 0 fully saturated rings. The van der Waals surface area contributed by atoms with Gasteiger partial charge in [-0.05, 0) is 35.7 Å². The number of halogens is 1. The summed E-state index contributed by atoms with van der Waals surface area (Å²) in [4.78, 5) is 4.49. The number of para-hydroxylation sites is 1. The largest absolute Gasteiger partial charge is 0.497 e. The Kier molecular flexibility index (Phi) is 9.59. The molecule has 0 saturated carbocycles. The third kappa shape index (κ3) is 6.59. The van der Waals surface area contributed by atoms with Gasteiger partial charge < -0.3 is 24.5 Å². The van der Waals surface area contributed by atoms with Gasteiger partial charge in [-0.15, -0.1) is 19.0 Å². The second kappa shape index (κ2) is 12.2. The molecule has 2 N–H and O–H groups in total. The number of nitrogens with one attached hydrogen (secondary N) is 1. The first-order valence-corrected chi connectivity index (χ1v) is 9.96. The van der Waals surface area contributed by atoms with E-state index < -0.39 is 6.10 Å². The minimum atomic E-state index is -0.685. The SMILES string of the molecule is C=CCc1ccccc1OCC(O)CNC(c1cccc(OC)c1)c1nccn1C.Cl. The van der Waals surface area contributed by atoms with Crippen LogP contribution in [0.4, 0.5) is 0 Å². The number of allylic oxidation sites excluding steroid dienone is 1. The minimum absolute atomic E-state index is 0. The molecule has 7 heteroatoms. The van der Waals surface area contributed by atoms with E-state index in [9.17, 15) is 5.11 Å². The van der Waals surface area contributed by atoms with Crippen LogP contribution < -0.4 is 14.8 Å². The van der Waals surface area contributed by atoms with Gasteiger partial charge in [0.25, 0.3) is 0 Å². The van der Waals surface area contributed by atoms with Crippen LogP contribution in [0, 0.1) is 0 Å². The molecular formula is C24H30ClN3O3. The number of aliphatic hydroxyl groups excluding tert-OH is 1. The maximum Gasteiger partial charge on any atom is 0.130 e. The Labute approximate surface area is 190 Å². The van der Waals surface area contributed by atoms with Crippen molar-refractivity contribution in [2.75, 3.05) is 20.3 Å². The van der Waals surface area contributed by atoms with E-state index in [1.54, 1.807) is 13.3 Å². The molecule has 0 bridgehead atoms. The highest BCUT2D eigenvalue weighted by atomic mass is 35.5. The Hall–Kier alpha value is -2.80. The number of hydrogen-bond donors (Lipinski definition) is 2. The first-order chi connectivity index (χ1) is 14.6. The van der Waals surface area contributed by atoms with E-state index in [-0.39, 0.29) is 25.1 Å². The summed E-state index contributed by atoms with van der Waals surface area (Å²) in [6.07, 6.45) is 5.55. The first-order valence-electron chi connectivity index (χ1n) is 9.96. The number of rotatable bonds is 11. The molecule has 0 saturated heterocycles. The number of benzene rings is 2. The smallest absolute Gasteiger partial charge is 0.130 e. The van der Waals surface area contributed by atoms with Crippen LogP contribution in [0.3, 0.4) is 0 Å². The third-order valence-corrected chi connectivity index (χ3v) is 4.87. The van der Waals surface area contributed by atoms with Crippen molar-refractivity contribution in [1.82, 2.24) is 14.9 Å². The highest BCUT2D eigenvalue weighted by Crippen LogP contribution is 2.24. The lowest BCUT2D eigenvalue weighted by molar-refractivity contribution is 0.104. The Morgan fingerprint density at radius 3 is 2.74 bits per heavy atom. The van der Waals surface area contributed by atoms with Crippen molar-refractivity contribution in [1.29, 1.82) is 0 Å². The topological polar surface area (TPSA) is 68.5 Å². The lowest BCUT2D eigenvalue weighted by atomic mass is 10.1. The fourth-order valence-electron chi connectivity index (χ4n) is 3.30. The summed E-state index contributed by atoms with van der Waals surface area (Å²) in [6.45, 7) is 4.31. The maximum absolute atomic E-state index is 10.5. The van der Waals surface area contributed by atoms with Gasteiger partial charge in [0.15, 0.2) is 0 Å². The molecule has 2 unspecified atom stereocenters. The Morgan fingerprint density at radius 2 is 2.03 bits per heavy atom. The van der Waals surface area contributed by atoms with Crippen LogP contribution in [-0.2, 0) is 13.5 Å². The Morgan fingerprint density at radius 1 is 1.23 bits per heavy atom. The van der Waals surface area contributed by atoms with E-state index in [1.807, 2.05) is 72.4 Å². The molecule has 3 rings (SSSR count). The summed E-state index contributed by atoms with van der Waals surface area (Å²) in [5, 5.41) is 14.0. The fourth-order valence-corrected chi connectivity index (χ4v) is 3.30. The summed E-state index contributed by atoms with van der Waals surface area (Å²) in [5.74, 6) is 2.40. The van der Waals surface area contributed by atoms with Gasteiger partial charge in [0.1, 0.15) is 30.0 Å². The summed E-state index contributed by atoms with van der Waals surface area (Å²) >= 11 is 0. The number of methoxy groups -OCH3 is 1. The summed E-state index contributed by atoms with van der Waals surface area (Å²) < 4.78 is 13.2. The fraction of sp³-hybridized carbons (Fsp3) is 0.292. The van der Waals surface area contributed by atoms with E-state index in [2.05, 4.69) is 16.9 Å². The quantitative estimate of drug-likeness (QED) is 0.442. The number of nitrogens with zero attached hydrogens (tertiary/aromatic N) is 2. The molecule has 0 aliphatic rings. The van der Waals surface area contributed by atoms with E-state index >= 15 is 0 Å². The van der Waals surface area contributed by atoms with E-state index in [0.29, 0.717) is 6.54 Å². The second-order valence-electron chi connectivity index (χ2n) is 7.08.